The van der Waals surface area contributed by atoms with Crippen LogP contribution in [0.1, 0.15) is 48.4 Å². The molecule has 3 aromatic carbocycles. The molecule has 0 bridgehead atoms. The number of aromatic hydroxyl groups is 1. The maximum Gasteiger partial charge on any atom is 0.116 e. The van der Waals surface area contributed by atoms with Crippen LogP contribution in [0.4, 0.5) is 0 Å². The van der Waals surface area contributed by atoms with Crippen molar-refractivity contribution in [2.24, 2.45) is 0 Å². The second kappa shape index (κ2) is 12.1. The summed E-state index contributed by atoms with van der Waals surface area (Å²) in [6.45, 7) is 8.65. The first kappa shape index (κ1) is 24.3. The van der Waals surface area contributed by atoms with Gasteiger partial charge in [0, 0.05) is 22.8 Å². The van der Waals surface area contributed by atoms with E-state index in [9.17, 15) is 5.11 Å². The molecule has 0 saturated carbocycles. The van der Waals surface area contributed by atoms with Gasteiger partial charge in [-0.05, 0) is 58.7 Å². The Morgan fingerprint density at radius 3 is 2.48 bits per heavy atom. The lowest BCUT2D eigenvalue weighted by Crippen LogP contribution is -2.05. The zero-order valence-corrected chi connectivity index (χ0v) is 19.2. The molecule has 0 heterocycles. The minimum atomic E-state index is 0. The topological polar surface area (TPSA) is 55.2 Å². The third-order valence-electron chi connectivity index (χ3n) is 5.04. The van der Waals surface area contributed by atoms with Gasteiger partial charge >= 0.3 is 0 Å². The number of hydrogen-bond acceptors (Lipinski definition) is 3. The fraction of sp³-hybridized carbons (Fsp3) is 0.214. The summed E-state index contributed by atoms with van der Waals surface area (Å²) in [5, 5.41) is 9.98. The van der Waals surface area contributed by atoms with Crippen LogP contribution >= 0.6 is 11.8 Å². The minimum absolute atomic E-state index is 0. The van der Waals surface area contributed by atoms with Crippen molar-refractivity contribution in [1.82, 2.24) is 6.15 Å². The van der Waals surface area contributed by atoms with Crippen LogP contribution in [0.3, 0.4) is 0 Å². The SMILES string of the molecule is C=C(Sc1cc(O)ccc1CC)C(Cc1cccc(C#CCC)c1)c1ccccc1.N. The summed E-state index contributed by atoms with van der Waals surface area (Å²) >= 11 is 1.67. The van der Waals surface area contributed by atoms with Crippen LogP contribution in [-0.4, -0.2) is 5.11 Å². The van der Waals surface area contributed by atoms with Crippen LogP contribution in [0.5, 0.6) is 5.75 Å². The molecule has 0 fully saturated rings. The highest BCUT2D eigenvalue weighted by Crippen LogP contribution is 2.40. The van der Waals surface area contributed by atoms with E-state index in [4.69, 9.17) is 0 Å². The van der Waals surface area contributed by atoms with E-state index in [1.54, 1.807) is 17.8 Å². The van der Waals surface area contributed by atoms with Crippen molar-refractivity contribution < 1.29 is 5.11 Å². The number of allylic oxidation sites excluding steroid dienone is 1. The first-order valence-corrected chi connectivity index (χ1v) is 11.2. The van der Waals surface area contributed by atoms with Gasteiger partial charge in [-0.2, -0.15) is 0 Å². The Morgan fingerprint density at radius 1 is 1.00 bits per heavy atom. The van der Waals surface area contributed by atoms with E-state index < -0.39 is 0 Å². The fourth-order valence-corrected chi connectivity index (χ4v) is 4.62. The summed E-state index contributed by atoms with van der Waals surface area (Å²) in [6.07, 6.45) is 2.63. The average Bonchev–Trinajstić information content (AvgIpc) is 2.77. The summed E-state index contributed by atoms with van der Waals surface area (Å²) < 4.78 is 0. The van der Waals surface area contributed by atoms with Crippen molar-refractivity contribution in [1.29, 1.82) is 0 Å². The maximum absolute atomic E-state index is 9.98. The second-order valence-electron chi connectivity index (χ2n) is 7.24. The maximum atomic E-state index is 9.98. The van der Waals surface area contributed by atoms with Gasteiger partial charge in [0.1, 0.15) is 5.75 Å². The molecule has 3 aromatic rings. The fourth-order valence-electron chi connectivity index (χ4n) is 3.45. The molecule has 3 rings (SSSR count). The molecule has 0 amide bonds. The zero-order chi connectivity index (χ0) is 21.3. The first-order valence-electron chi connectivity index (χ1n) is 10.4. The molecule has 1 atom stereocenters. The third-order valence-corrected chi connectivity index (χ3v) is 6.19. The molecule has 0 aliphatic heterocycles. The Bertz CT molecular complexity index is 1060. The summed E-state index contributed by atoms with van der Waals surface area (Å²) in [5.41, 5.74) is 4.78. The molecule has 0 saturated heterocycles. The van der Waals surface area contributed by atoms with Gasteiger partial charge in [0.25, 0.3) is 0 Å². The quantitative estimate of drug-likeness (QED) is 0.302. The van der Waals surface area contributed by atoms with E-state index in [0.717, 1.165) is 34.6 Å². The molecule has 0 aliphatic rings. The Morgan fingerprint density at radius 2 is 1.77 bits per heavy atom. The highest BCUT2D eigenvalue weighted by atomic mass is 32.2. The highest BCUT2D eigenvalue weighted by molar-refractivity contribution is 8.03. The van der Waals surface area contributed by atoms with Gasteiger partial charge < -0.3 is 11.3 Å². The molecular formula is C28H31NOS. The molecule has 0 aliphatic carbocycles. The van der Waals surface area contributed by atoms with Gasteiger partial charge in [0.2, 0.25) is 0 Å². The molecule has 160 valence electrons. The number of rotatable bonds is 7. The van der Waals surface area contributed by atoms with Crippen molar-refractivity contribution in [3.8, 4) is 17.6 Å². The monoisotopic (exact) mass is 429 g/mol. The Balaban J connectivity index is 0.00000341. The number of hydrogen-bond donors (Lipinski definition) is 2. The van der Waals surface area contributed by atoms with E-state index >= 15 is 0 Å². The second-order valence-corrected chi connectivity index (χ2v) is 8.41. The predicted octanol–water partition coefficient (Wildman–Crippen LogP) is 7.51. The molecule has 2 nitrogen and oxygen atoms in total. The summed E-state index contributed by atoms with van der Waals surface area (Å²) in [5.74, 6) is 6.84. The molecule has 0 radical (unpaired) electrons. The van der Waals surface area contributed by atoms with Crippen LogP contribution in [-0.2, 0) is 12.8 Å². The minimum Gasteiger partial charge on any atom is -0.508 e. The summed E-state index contributed by atoms with van der Waals surface area (Å²) in [6, 6.07) is 24.6. The molecule has 31 heavy (non-hydrogen) atoms. The smallest absolute Gasteiger partial charge is 0.116 e. The number of benzene rings is 3. The van der Waals surface area contributed by atoms with E-state index in [-0.39, 0.29) is 12.1 Å². The van der Waals surface area contributed by atoms with E-state index in [2.05, 4.69) is 80.8 Å². The normalized spacial score (nSPS) is 11.0. The van der Waals surface area contributed by atoms with Crippen LogP contribution in [0.2, 0.25) is 0 Å². The van der Waals surface area contributed by atoms with E-state index in [1.807, 2.05) is 18.2 Å². The van der Waals surface area contributed by atoms with Crippen LogP contribution in [0, 0.1) is 11.8 Å². The first-order chi connectivity index (χ1) is 14.6. The lowest BCUT2D eigenvalue weighted by molar-refractivity contribution is 0.473. The Hall–Kier alpha value is -2.93. The van der Waals surface area contributed by atoms with E-state index in [0.29, 0.717) is 5.75 Å². The summed E-state index contributed by atoms with van der Waals surface area (Å²) in [4.78, 5) is 2.15. The highest BCUT2D eigenvalue weighted by Gasteiger charge is 2.18. The van der Waals surface area contributed by atoms with Gasteiger partial charge in [-0.1, -0.05) is 92.6 Å². The summed E-state index contributed by atoms with van der Waals surface area (Å²) in [7, 11) is 0. The Kier molecular flexibility index (Phi) is 9.46. The molecule has 0 aromatic heterocycles. The number of phenolic OH excluding ortho intramolecular Hbond substituents is 1. The molecule has 4 N–H and O–H groups in total. The van der Waals surface area contributed by atoms with Crippen molar-refractivity contribution in [2.75, 3.05) is 0 Å². The van der Waals surface area contributed by atoms with Crippen LogP contribution in [0.15, 0.2) is 89.2 Å². The molecule has 3 heteroatoms. The predicted molar refractivity (Wildman–Crippen MR) is 134 cm³/mol. The number of thioether (sulfide) groups is 1. The van der Waals surface area contributed by atoms with Gasteiger partial charge in [-0.3, -0.25) is 0 Å². The zero-order valence-electron chi connectivity index (χ0n) is 18.4. The van der Waals surface area contributed by atoms with Crippen molar-refractivity contribution in [2.45, 2.75) is 43.9 Å². The van der Waals surface area contributed by atoms with Gasteiger partial charge in [-0.25, -0.2) is 0 Å². The Labute approximate surface area is 191 Å². The molecular weight excluding hydrogens is 398 g/mol. The average molecular weight is 430 g/mol. The van der Waals surface area contributed by atoms with Gasteiger partial charge in [-0.15, -0.1) is 0 Å². The largest absolute Gasteiger partial charge is 0.508 e. The van der Waals surface area contributed by atoms with Crippen molar-refractivity contribution in [3.05, 3.63) is 107 Å². The standard InChI is InChI=1S/C28H28OS.H3N/c1-4-6-11-22-12-10-13-23(18-22)19-27(25-14-8-7-9-15-25)21(3)30-28-20-26(29)17-16-24(28)5-2;/h7-10,12-18,20,27,29H,3-5,19H2,1-2H3;1H3. The van der Waals surface area contributed by atoms with Crippen LogP contribution < -0.4 is 6.15 Å². The molecule has 1 unspecified atom stereocenters. The van der Waals surface area contributed by atoms with Gasteiger partial charge in [0.05, 0.1) is 0 Å². The molecule has 0 spiro atoms. The van der Waals surface area contributed by atoms with E-state index in [1.165, 1.54) is 16.7 Å². The lowest BCUT2D eigenvalue weighted by Gasteiger charge is -2.21. The third kappa shape index (κ3) is 6.79. The van der Waals surface area contributed by atoms with Crippen LogP contribution in [0.25, 0.3) is 0 Å². The number of phenols is 1. The van der Waals surface area contributed by atoms with Crippen molar-refractivity contribution >= 4 is 11.8 Å². The van der Waals surface area contributed by atoms with Gasteiger partial charge in [0.15, 0.2) is 0 Å². The van der Waals surface area contributed by atoms with Crippen molar-refractivity contribution in [3.63, 3.8) is 0 Å². The number of aryl methyl sites for hydroxylation is 1. The lowest BCUT2D eigenvalue weighted by atomic mass is 9.91.